The number of fused-ring (bicyclic) bond motifs is 1. The lowest BCUT2D eigenvalue weighted by Gasteiger charge is -2.14. The van der Waals surface area contributed by atoms with Crippen molar-refractivity contribution in [1.82, 2.24) is 9.55 Å². The van der Waals surface area contributed by atoms with Crippen LogP contribution in [0.4, 0.5) is 5.69 Å². The highest BCUT2D eigenvalue weighted by Crippen LogP contribution is 2.36. The van der Waals surface area contributed by atoms with Crippen LogP contribution in [0.3, 0.4) is 0 Å². The Hall–Kier alpha value is -3.01. The Morgan fingerprint density at radius 3 is 2.62 bits per heavy atom. The molecule has 10 heteroatoms. The second kappa shape index (κ2) is 9.64. The number of halogens is 1. The predicted octanol–water partition coefficient (Wildman–Crippen LogP) is 4.85. The molecule has 0 atom stereocenters. The van der Waals surface area contributed by atoms with Gasteiger partial charge in [-0.05, 0) is 29.6 Å². The molecule has 4 aromatic rings. The number of nitrogens with zero attached hydrogens (tertiary/aromatic N) is 2. The minimum atomic E-state index is -0.297. The Labute approximate surface area is 197 Å². The van der Waals surface area contributed by atoms with Crippen molar-refractivity contribution in [2.45, 2.75) is 5.16 Å². The second-order valence-electron chi connectivity index (χ2n) is 6.53. The Balaban J connectivity index is 1.60. The Morgan fingerprint density at radius 1 is 1.16 bits per heavy atom. The average Bonchev–Trinajstić information content (AvgIpc) is 3.27. The molecule has 0 aliphatic heterocycles. The van der Waals surface area contributed by atoms with Gasteiger partial charge in [0.05, 0.1) is 41.9 Å². The van der Waals surface area contributed by atoms with E-state index in [0.717, 1.165) is 0 Å². The number of hydrogen-bond acceptors (Lipinski definition) is 7. The summed E-state index contributed by atoms with van der Waals surface area (Å²) in [5.41, 5.74) is 1.55. The molecule has 0 bridgehead atoms. The number of aromatic nitrogens is 2. The van der Waals surface area contributed by atoms with Crippen LogP contribution in [0.1, 0.15) is 0 Å². The number of hydrogen-bond donors (Lipinski definition) is 1. The number of benzene rings is 2. The average molecular weight is 488 g/mol. The standard InChI is InChI=1S/C22H18ClN3O4S2/c1-29-17-11-18(30-2)16(10-14(17)23)24-19(27)12-32-22-25-15-8-9-31-20(15)21(28)26(22)13-6-4-3-5-7-13/h3-11H,12H2,1-2H3,(H,24,27). The maximum absolute atomic E-state index is 13.1. The fourth-order valence-corrected chi connectivity index (χ4v) is 4.88. The summed E-state index contributed by atoms with van der Waals surface area (Å²) in [4.78, 5) is 30.4. The molecule has 0 aliphatic carbocycles. The molecule has 0 aliphatic rings. The summed E-state index contributed by atoms with van der Waals surface area (Å²) in [6.07, 6.45) is 0. The minimum Gasteiger partial charge on any atom is -0.495 e. The van der Waals surface area contributed by atoms with Crippen molar-refractivity contribution in [2.24, 2.45) is 0 Å². The van der Waals surface area contributed by atoms with Gasteiger partial charge >= 0.3 is 0 Å². The summed E-state index contributed by atoms with van der Waals surface area (Å²) in [5.74, 6) is 0.593. The van der Waals surface area contributed by atoms with Gasteiger partial charge in [0.2, 0.25) is 5.91 Å². The number of amides is 1. The number of carbonyl (C=O) groups excluding carboxylic acids is 1. The smallest absolute Gasteiger partial charge is 0.276 e. The molecule has 0 radical (unpaired) electrons. The number of rotatable bonds is 7. The van der Waals surface area contributed by atoms with E-state index in [9.17, 15) is 9.59 Å². The van der Waals surface area contributed by atoms with Gasteiger partial charge in [0.15, 0.2) is 5.16 Å². The maximum atomic E-state index is 13.1. The number of para-hydroxylation sites is 1. The highest BCUT2D eigenvalue weighted by molar-refractivity contribution is 7.99. The number of anilines is 1. The summed E-state index contributed by atoms with van der Waals surface area (Å²) in [5, 5.41) is 5.40. The summed E-state index contributed by atoms with van der Waals surface area (Å²) in [7, 11) is 2.99. The highest BCUT2D eigenvalue weighted by Gasteiger charge is 2.17. The SMILES string of the molecule is COc1cc(OC)c(NC(=O)CSc2nc3ccsc3c(=O)n2-c2ccccc2)cc1Cl. The first-order valence-corrected chi connectivity index (χ1v) is 11.7. The summed E-state index contributed by atoms with van der Waals surface area (Å²) < 4.78 is 12.6. The van der Waals surface area contributed by atoms with Crippen molar-refractivity contribution in [2.75, 3.05) is 25.3 Å². The molecule has 0 saturated carbocycles. The van der Waals surface area contributed by atoms with E-state index in [1.807, 2.05) is 35.7 Å². The molecule has 32 heavy (non-hydrogen) atoms. The summed E-state index contributed by atoms with van der Waals surface area (Å²) in [6, 6.07) is 14.2. The van der Waals surface area contributed by atoms with Gasteiger partial charge in [-0.1, -0.05) is 41.6 Å². The van der Waals surface area contributed by atoms with Crippen LogP contribution in [-0.4, -0.2) is 35.4 Å². The van der Waals surface area contributed by atoms with Crippen LogP contribution in [0, 0.1) is 0 Å². The topological polar surface area (TPSA) is 82.5 Å². The Kier molecular flexibility index (Phi) is 6.69. The molecule has 1 amide bonds. The normalized spacial score (nSPS) is 10.8. The van der Waals surface area contributed by atoms with Crippen molar-refractivity contribution in [3.05, 3.63) is 69.3 Å². The van der Waals surface area contributed by atoms with Crippen LogP contribution in [0.15, 0.2) is 63.9 Å². The van der Waals surface area contributed by atoms with Crippen molar-refractivity contribution >= 4 is 56.5 Å². The van der Waals surface area contributed by atoms with E-state index in [1.165, 1.54) is 41.9 Å². The first kappa shape index (κ1) is 22.2. The van der Waals surface area contributed by atoms with Crippen molar-refractivity contribution < 1.29 is 14.3 Å². The number of thiophene rings is 1. The zero-order valence-electron chi connectivity index (χ0n) is 17.1. The van der Waals surface area contributed by atoms with Gasteiger partial charge < -0.3 is 14.8 Å². The number of carbonyl (C=O) groups is 1. The zero-order chi connectivity index (χ0) is 22.7. The minimum absolute atomic E-state index is 0.0295. The lowest BCUT2D eigenvalue weighted by molar-refractivity contribution is -0.113. The molecule has 4 rings (SSSR count). The van der Waals surface area contributed by atoms with E-state index >= 15 is 0 Å². The first-order valence-electron chi connectivity index (χ1n) is 9.41. The van der Waals surface area contributed by atoms with E-state index < -0.39 is 0 Å². The van der Waals surface area contributed by atoms with E-state index in [0.29, 0.717) is 43.3 Å². The van der Waals surface area contributed by atoms with Crippen LogP contribution >= 0.6 is 34.7 Å². The number of thioether (sulfide) groups is 1. The Bertz CT molecular complexity index is 1340. The zero-order valence-corrected chi connectivity index (χ0v) is 19.5. The van der Waals surface area contributed by atoms with E-state index in [-0.39, 0.29) is 17.2 Å². The van der Waals surface area contributed by atoms with Gasteiger partial charge in [0.25, 0.3) is 5.56 Å². The van der Waals surface area contributed by atoms with Crippen molar-refractivity contribution in [1.29, 1.82) is 0 Å². The number of methoxy groups -OCH3 is 2. The third-order valence-corrected chi connectivity index (χ3v) is 6.67. The fraction of sp³-hybridized carbons (Fsp3) is 0.136. The lowest BCUT2D eigenvalue weighted by atomic mass is 10.2. The highest BCUT2D eigenvalue weighted by atomic mass is 35.5. The number of nitrogens with one attached hydrogen (secondary N) is 1. The largest absolute Gasteiger partial charge is 0.495 e. The molecule has 7 nitrogen and oxygen atoms in total. The van der Waals surface area contributed by atoms with Gasteiger partial charge in [-0.25, -0.2) is 4.98 Å². The van der Waals surface area contributed by atoms with E-state index in [1.54, 1.807) is 18.2 Å². The molecular weight excluding hydrogens is 470 g/mol. The molecule has 2 heterocycles. The first-order chi connectivity index (χ1) is 15.5. The van der Waals surface area contributed by atoms with Gasteiger partial charge in [0.1, 0.15) is 16.2 Å². The predicted molar refractivity (Wildman–Crippen MR) is 129 cm³/mol. The maximum Gasteiger partial charge on any atom is 0.276 e. The molecular formula is C22H18ClN3O4S2. The number of ether oxygens (including phenoxy) is 2. The molecule has 0 unspecified atom stereocenters. The monoisotopic (exact) mass is 487 g/mol. The van der Waals surface area contributed by atoms with Crippen LogP contribution in [-0.2, 0) is 4.79 Å². The molecule has 2 aromatic carbocycles. The van der Waals surface area contributed by atoms with Crippen LogP contribution in [0.5, 0.6) is 11.5 Å². The third-order valence-electron chi connectivity index (χ3n) is 4.54. The van der Waals surface area contributed by atoms with Crippen molar-refractivity contribution in [3.8, 4) is 17.2 Å². The summed E-state index contributed by atoms with van der Waals surface area (Å²) >= 11 is 8.70. The molecule has 164 valence electrons. The van der Waals surface area contributed by atoms with Crippen LogP contribution in [0.2, 0.25) is 5.02 Å². The molecule has 0 saturated heterocycles. The summed E-state index contributed by atoms with van der Waals surface area (Å²) in [6.45, 7) is 0. The van der Waals surface area contributed by atoms with Crippen molar-refractivity contribution in [3.63, 3.8) is 0 Å². The third kappa shape index (κ3) is 4.45. The van der Waals surface area contributed by atoms with Crippen LogP contribution in [0.25, 0.3) is 15.9 Å². The van der Waals surface area contributed by atoms with Gasteiger partial charge in [-0.15, -0.1) is 11.3 Å². The van der Waals surface area contributed by atoms with Gasteiger partial charge in [0, 0.05) is 6.07 Å². The second-order valence-corrected chi connectivity index (χ2v) is 8.80. The van der Waals surface area contributed by atoms with Crippen LogP contribution < -0.4 is 20.3 Å². The van der Waals surface area contributed by atoms with Gasteiger partial charge in [-0.3, -0.25) is 14.2 Å². The molecule has 1 N–H and O–H groups in total. The molecule has 0 spiro atoms. The van der Waals surface area contributed by atoms with E-state index in [4.69, 9.17) is 21.1 Å². The van der Waals surface area contributed by atoms with E-state index in [2.05, 4.69) is 10.3 Å². The fourth-order valence-electron chi connectivity index (χ4n) is 3.07. The van der Waals surface area contributed by atoms with Gasteiger partial charge in [-0.2, -0.15) is 0 Å². The lowest BCUT2D eigenvalue weighted by Crippen LogP contribution is -2.22. The quantitative estimate of drug-likeness (QED) is 0.296. The molecule has 0 fully saturated rings. The Morgan fingerprint density at radius 2 is 1.91 bits per heavy atom. The molecule has 2 aromatic heterocycles.